The van der Waals surface area contributed by atoms with Crippen LogP contribution in [0.3, 0.4) is 0 Å². The number of rotatable bonds is 6. The van der Waals surface area contributed by atoms with E-state index in [1.54, 1.807) is 12.1 Å². The summed E-state index contributed by atoms with van der Waals surface area (Å²) in [6, 6.07) is 9.42. The zero-order chi connectivity index (χ0) is 17.0. The van der Waals surface area contributed by atoms with Crippen molar-refractivity contribution >= 4 is 31.7 Å². The van der Waals surface area contributed by atoms with Crippen molar-refractivity contribution in [2.75, 3.05) is 0 Å². The van der Waals surface area contributed by atoms with E-state index in [0.717, 1.165) is 10.9 Å². The van der Waals surface area contributed by atoms with Gasteiger partial charge in [0.2, 0.25) is 0 Å². The van der Waals surface area contributed by atoms with Crippen LogP contribution in [0.5, 0.6) is 0 Å². The fourth-order valence-corrected chi connectivity index (χ4v) is 3.40. The van der Waals surface area contributed by atoms with Gasteiger partial charge in [-0.15, -0.1) is 0 Å². The molecule has 0 saturated carbocycles. The molecule has 0 spiro atoms. The minimum atomic E-state index is -3.52. The molecule has 7 heteroatoms. The quantitative estimate of drug-likeness (QED) is 0.805. The molecule has 1 N–H and O–H groups in total. The minimum Gasteiger partial charge on any atom is -0.455 e. The van der Waals surface area contributed by atoms with Gasteiger partial charge in [0.15, 0.2) is 15.6 Å². The number of carbonyl (C=O) groups excluding carboxylic acids is 1. The lowest BCUT2D eigenvalue weighted by atomic mass is 10.2. The van der Waals surface area contributed by atoms with Crippen LogP contribution in [-0.4, -0.2) is 20.4 Å². The summed E-state index contributed by atoms with van der Waals surface area (Å²) in [5, 5.41) is 2.77. The molecule has 1 amide bonds. The number of hydrogen-bond acceptors (Lipinski definition) is 4. The molecule has 1 aromatic carbocycles. The van der Waals surface area contributed by atoms with Crippen LogP contribution in [0.4, 0.5) is 0 Å². The number of halogens is 1. The minimum absolute atomic E-state index is 0.0301. The SMILES string of the molecule is CC[C@H](C)NC(=O)c1ccc(CS(=O)(=O)c2ccc(Br)cc2)o1. The molecule has 0 bridgehead atoms. The van der Waals surface area contributed by atoms with Crippen molar-refractivity contribution in [1.29, 1.82) is 0 Å². The number of sulfone groups is 1. The van der Waals surface area contributed by atoms with Gasteiger partial charge in [0.25, 0.3) is 5.91 Å². The molecule has 124 valence electrons. The van der Waals surface area contributed by atoms with E-state index in [9.17, 15) is 13.2 Å². The van der Waals surface area contributed by atoms with Gasteiger partial charge in [0.05, 0.1) is 4.90 Å². The molecule has 5 nitrogen and oxygen atoms in total. The van der Waals surface area contributed by atoms with E-state index < -0.39 is 9.84 Å². The maximum absolute atomic E-state index is 12.3. The van der Waals surface area contributed by atoms with Gasteiger partial charge >= 0.3 is 0 Å². The Morgan fingerprint density at radius 1 is 1.22 bits per heavy atom. The molecule has 0 fully saturated rings. The normalized spacial score (nSPS) is 12.8. The van der Waals surface area contributed by atoms with Gasteiger partial charge in [0.1, 0.15) is 11.5 Å². The van der Waals surface area contributed by atoms with Crippen LogP contribution in [0.2, 0.25) is 0 Å². The largest absolute Gasteiger partial charge is 0.455 e. The molecule has 1 heterocycles. The molecule has 0 aliphatic carbocycles. The molecule has 0 aliphatic heterocycles. The smallest absolute Gasteiger partial charge is 0.287 e. The lowest BCUT2D eigenvalue weighted by Gasteiger charge is -2.09. The van der Waals surface area contributed by atoms with Crippen molar-refractivity contribution in [3.8, 4) is 0 Å². The first-order valence-electron chi connectivity index (χ1n) is 7.19. The summed E-state index contributed by atoms with van der Waals surface area (Å²) in [7, 11) is -3.52. The second-order valence-electron chi connectivity index (χ2n) is 5.26. The number of benzene rings is 1. The van der Waals surface area contributed by atoms with Gasteiger partial charge in [-0.1, -0.05) is 22.9 Å². The first kappa shape index (κ1) is 17.7. The Balaban J connectivity index is 2.12. The summed E-state index contributed by atoms with van der Waals surface area (Å²) >= 11 is 3.27. The standard InChI is InChI=1S/C16H18BrNO4S/c1-3-11(2)18-16(19)15-9-6-13(22-15)10-23(20,21)14-7-4-12(17)5-8-14/h4-9,11H,3,10H2,1-2H3,(H,18,19)/t11-/m0/s1. The highest BCUT2D eigenvalue weighted by atomic mass is 79.9. The Labute approximate surface area is 144 Å². The Hall–Kier alpha value is -1.60. The van der Waals surface area contributed by atoms with Crippen molar-refractivity contribution in [2.45, 2.75) is 37.0 Å². The van der Waals surface area contributed by atoms with Gasteiger partial charge in [-0.25, -0.2) is 8.42 Å². The van der Waals surface area contributed by atoms with E-state index in [-0.39, 0.29) is 34.1 Å². The number of nitrogens with one attached hydrogen (secondary N) is 1. The van der Waals surface area contributed by atoms with Gasteiger partial charge in [-0.3, -0.25) is 4.79 Å². The third-order valence-corrected chi connectivity index (χ3v) is 5.56. The number of amides is 1. The Kier molecular flexibility index (Phi) is 5.64. The highest BCUT2D eigenvalue weighted by Crippen LogP contribution is 2.20. The number of furan rings is 1. The van der Waals surface area contributed by atoms with Crippen molar-refractivity contribution in [2.24, 2.45) is 0 Å². The molecule has 1 aromatic heterocycles. The summed E-state index contributed by atoms with van der Waals surface area (Å²) in [5.41, 5.74) is 0. The lowest BCUT2D eigenvalue weighted by Crippen LogP contribution is -2.31. The molecule has 0 aliphatic rings. The van der Waals surface area contributed by atoms with Crippen LogP contribution in [0.25, 0.3) is 0 Å². The van der Waals surface area contributed by atoms with E-state index in [1.165, 1.54) is 24.3 Å². The van der Waals surface area contributed by atoms with Gasteiger partial charge in [-0.05, 0) is 49.7 Å². The van der Waals surface area contributed by atoms with Gasteiger partial charge in [-0.2, -0.15) is 0 Å². The first-order valence-corrected chi connectivity index (χ1v) is 9.64. The summed E-state index contributed by atoms with van der Waals surface area (Å²) < 4.78 is 30.9. The van der Waals surface area contributed by atoms with E-state index in [0.29, 0.717) is 0 Å². The fraction of sp³-hybridized carbons (Fsp3) is 0.312. The predicted molar refractivity (Wildman–Crippen MR) is 91.0 cm³/mol. The topological polar surface area (TPSA) is 76.4 Å². The monoisotopic (exact) mass is 399 g/mol. The molecule has 0 radical (unpaired) electrons. The van der Waals surface area contributed by atoms with E-state index >= 15 is 0 Å². The molecule has 0 unspecified atom stereocenters. The fourth-order valence-electron chi connectivity index (χ4n) is 1.89. The highest BCUT2D eigenvalue weighted by molar-refractivity contribution is 9.10. The third kappa shape index (κ3) is 4.68. The molecule has 2 aromatic rings. The molecular weight excluding hydrogens is 382 g/mol. The highest BCUT2D eigenvalue weighted by Gasteiger charge is 2.19. The van der Waals surface area contributed by atoms with Crippen molar-refractivity contribution in [3.05, 3.63) is 52.4 Å². The van der Waals surface area contributed by atoms with Crippen molar-refractivity contribution in [3.63, 3.8) is 0 Å². The summed E-state index contributed by atoms with van der Waals surface area (Å²) in [5.74, 6) is -0.272. The van der Waals surface area contributed by atoms with Crippen LogP contribution in [-0.2, 0) is 15.6 Å². The van der Waals surface area contributed by atoms with Crippen LogP contribution >= 0.6 is 15.9 Å². The number of carbonyl (C=O) groups is 1. The average molecular weight is 400 g/mol. The maximum Gasteiger partial charge on any atom is 0.287 e. The van der Waals surface area contributed by atoms with Gasteiger partial charge in [0, 0.05) is 10.5 Å². The Morgan fingerprint density at radius 2 is 1.87 bits per heavy atom. The van der Waals surface area contributed by atoms with Crippen LogP contribution in [0.15, 0.2) is 50.2 Å². The molecule has 1 atom stereocenters. The molecule has 23 heavy (non-hydrogen) atoms. The lowest BCUT2D eigenvalue weighted by molar-refractivity contribution is 0.0909. The number of hydrogen-bond donors (Lipinski definition) is 1. The predicted octanol–water partition coefficient (Wildman–Crippen LogP) is 3.54. The average Bonchev–Trinajstić information content (AvgIpc) is 2.95. The van der Waals surface area contributed by atoms with Crippen LogP contribution in [0.1, 0.15) is 36.6 Å². The third-order valence-electron chi connectivity index (χ3n) is 3.38. The van der Waals surface area contributed by atoms with E-state index in [1.807, 2.05) is 13.8 Å². The van der Waals surface area contributed by atoms with Crippen LogP contribution in [0, 0.1) is 0 Å². The van der Waals surface area contributed by atoms with E-state index in [2.05, 4.69) is 21.2 Å². The first-order chi connectivity index (χ1) is 10.8. The van der Waals surface area contributed by atoms with Crippen molar-refractivity contribution in [1.82, 2.24) is 5.32 Å². The van der Waals surface area contributed by atoms with Crippen molar-refractivity contribution < 1.29 is 17.6 Å². The molecule has 0 saturated heterocycles. The second-order valence-corrected chi connectivity index (χ2v) is 8.17. The summed E-state index contributed by atoms with van der Waals surface area (Å²) in [4.78, 5) is 12.2. The van der Waals surface area contributed by atoms with Crippen LogP contribution < -0.4 is 5.32 Å². The Bertz CT molecular complexity index is 781. The zero-order valence-corrected chi connectivity index (χ0v) is 15.3. The second kappa shape index (κ2) is 7.31. The van der Waals surface area contributed by atoms with E-state index in [4.69, 9.17) is 4.42 Å². The molecular formula is C16H18BrNO4S. The summed E-state index contributed by atoms with van der Waals surface area (Å²) in [6.07, 6.45) is 0.803. The maximum atomic E-state index is 12.3. The Morgan fingerprint density at radius 3 is 2.48 bits per heavy atom. The van der Waals surface area contributed by atoms with Gasteiger partial charge < -0.3 is 9.73 Å². The zero-order valence-electron chi connectivity index (χ0n) is 12.9. The summed E-state index contributed by atoms with van der Waals surface area (Å²) in [6.45, 7) is 3.85. The molecule has 2 rings (SSSR count).